The number of halogens is 1. The second kappa shape index (κ2) is 8.67. The first-order valence-electron chi connectivity index (χ1n) is 11.2. The number of aryl methyl sites for hydroxylation is 1. The molecule has 5 nitrogen and oxygen atoms in total. The van der Waals surface area contributed by atoms with E-state index in [-0.39, 0.29) is 11.1 Å². The molecular formula is C26H31ClN4OSi. The first-order chi connectivity index (χ1) is 15.5. The molecule has 0 aromatic carbocycles. The number of aromatic nitrogens is 4. The zero-order chi connectivity index (χ0) is 24.0. The molecule has 0 bridgehead atoms. The van der Waals surface area contributed by atoms with Crippen molar-refractivity contribution in [2.45, 2.75) is 58.4 Å². The molecule has 0 saturated carbocycles. The van der Waals surface area contributed by atoms with Gasteiger partial charge in [-0.1, -0.05) is 38.4 Å². The minimum Gasteiger partial charge on any atom is -0.408 e. The Bertz CT molecular complexity index is 1340. The Labute approximate surface area is 201 Å². The molecule has 0 aliphatic heterocycles. The van der Waals surface area contributed by atoms with Gasteiger partial charge in [0.1, 0.15) is 10.8 Å². The lowest BCUT2D eigenvalue weighted by Gasteiger charge is -2.39. The van der Waals surface area contributed by atoms with Crippen LogP contribution in [0, 0.1) is 6.92 Å². The molecule has 7 heteroatoms. The van der Waals surface area contributed by atoms with E-state index in [1.54, 1.807) is 12.4 Å². The minimum atomic E-state index is -1.96. The standard InChI is InChI=1S/C26H31ClN4OSi/c1-8-9-23(32-33(6,7)26(3,4)5)21-12-17(2)20(16-29-21)19-13-18-15-30-24(27)14-22(18)31-11-10-28-25(19)31/h8,10-16,23H,1,9H2,2-7H3. The van der Waals surface area contributed by atoms with Gasteiger partial charge in [-0.15, -0.1) is 6.58 Å². The topological polar surface area (TPSA) is 52.3 Å². The van der Waals surface area contributed by atoms with Crippen molar-refractivity contribution in [2.24, 2.45) is 0 Å². The molecule has 0 spiro atoms. The maximum atomic E-state index is 6.72. The predicted molar refractivity (Wildman–Crippen MR) is 139 cm³/mol. The van der Waals surface area contributed by atoms with Crippen molar-refractivity contribution >= 4 is 36.5 Å². The van der Waals surface area contributed by atoms with Crippen LogP contribution in [0.4, 0.5) is 0 Å². The van der Waals surface area contributed by atoms with Gasteiger partial charge in [-0.25, -0.2) is 9.97 Å². The van der Waals surface area contributed by atoms with Gasteiger partial charge in [0, 0.05) is 47.4 Å². The molecule has 4 aromatic heterocycles. The van der Waals surface area contributed by atoms with E-state index in [1.165, 1.54) is 0 Å². The highest BCUT2D eigenvalue weighted by molar-refractivity contribution is 6.74. The summed E-state index contributed by atoms with van der Waals surface area (Å²) in [5.41, 5.74) is 5.95. The zero-order valence-corrected chi connectivity index (χ0v) is 21.9. The van der Waals surface area contributed by atoms with E-state index >= 15 is 0 Å². The second-order valence-electron chi connectivity index (χ2n) is 10.1. The molecule has 1 atom stereocenters. The number of hydrogen-bond acceptors (Lipinski definition) is 4. The fraction of sp³-hybridized carbons (Fsp3) is 0.346. The maximum Gasteiger partial charge on any atom is 0.193 e. The third-order valence-electron chi connectivity index (χ3n) is 6.70. The van der Waals surface area contributed by atoms with Gasteiger partial charge in [0.05, 0.1) is 17.3 Å². The lowest BCUT2D eigenvalue weighted by atomic mass is 10.0. The molecule has 1 unspecified atom stereocenters. The van der Waals surface area contributed by atoms with Crippen LogP contribution in [-0.4, -0.2) is 27.7 Å². The Morgan fingerprint density at radius 3 is 2.55 bits per heavy atom. The smallest absolute Gasteiger partial charge is 0.193 e. The number of pyridine rings is 3. The molecule has 0 N–H and O–H groups in total. The highest BCUT2D eigenvalue weighted by Crippen LogP contribution is 2.41. The van der Waals surface area contributed by atoms with Crippen molar-refractivity contribution in [3.05, 3.63) is 72.1 Å². The molecule has 172 valence electrons. The van der Waals surface area contributed by atoms with Crippen LogP contribution >= 0.6 is 11.6 Å². The van der Waals surface area contributed by atoms with Crippen molar-refractivity contribution in [1.29, 1.82) is 0 Å². The summed E-state index contributed by atoms with van der Waals surface area (Å²) in [6.45, 7) is 17.4. The van der Waals surface area contributed by atoms with Gasteiger partial charge in [-0.2, -0.15) is 0 Å². The number of imidazole rings is 1. The van der Waals surface area contributed by atoms with Gasteiger partial charge in [-0.05, 0) is 49.2 Å². The first kappa shape index (κ1) is 23.6. The third kappa shape index (κ3) is 4.47. The van der Waals surface area contributed by atoms with E-state index < -0.39 is 8.32 Å². The van der Waals surface area contributed by atoms with E-state index in [0.717, 1.165) is 45.4 Å². The maximum absolute atomic E-state index is 6.72. The Morgan fingerprint density at radius 1 is 1.12 bits per heavy atom. The summed E-state index contributed by atoms with van der Waals surface area (Å²) in [6, 6.07) is 6.11. The van der Waals surface area contributed by atoms with Crippen molar-refractivity contribution in [3.8, 4) is 11.1 Å². The van der Waals surface area contributed by atoms with Crippen LogP contribution in [0.15, 0.2) is 55.6 Å². The number of rotatable bonds is 6. The van der Waals surface area contributed by atoms with Crippen molar-refractivity contribution in [1.82, 2.24) is 19.4 Å². The monoisotopic (exact) mass is 478 g/mol. The van der Waals surface area contributed by atoms with Gasteiger partial charge < -0.3 is 4.43 Å². The Morgan fingerprint density at radius 2 is 1.88 bits per heavy atom. The summed E-state index contributed by atoms with van der Waals surface area (Å²) in [5.74, 6) is 0. The summed E-state index contributed by atoms with van der Waals surface area (Å²) in [5, 5.41) is 1.58. The number of fused-ring (bicyclic) bond motifs is 3. The number of nitrogens with zero attached hydrogens (tertiary/aromatic N) is 4. The largest absolute Gasteiger partial charge is 0.408 e. The molecular weight excluding hydrogens is 448 g/mol. The van der Waals surface area contributed by atoms with Crippen LogP contribution in [0.25, 0.3) is 27.7 Å². The van der Waals surface area contributed by atoms with E-state index in [4.69, 9.17) is 21.0 Å². The summed E-state index contributed by atoms with van der Waals surface area (Å²) in [4.78, 5) is 13.7. The zero-order valence-electron chi connectivity index (χ0n) is 20.2. The minimum absolute atomic E-state index is 0.106. The highest BCUT2D eigenvalue weighted by atomic mass is 35.5. The van der Waals surface area contributed by atoms with Crippen LogP contribution in [0.3, 0.4) is 0 Å². The van der Waals surface area contributed by atoms with Gasteiger partial charge in [0.2, 0.25) is 0 Å². The Balaban J connectivity index is 1.78. The molecule has 0 radical (unpaired) electrons. The van der Waals surface area contributed by atoms with Crippen molar-refractivity contribution < 1.29 is 4.43 Å². The third-order valence-corrected chi connectivity index (χ3v) is 11.4. The quantitative estimate of drug-likeness (QED) is 0.163. The van der Waals surface area contributed by atoms with E-state index in [1.807, 2.05) is 28.9 Å². The van der Waals surface area contributed by atoms with Crippen molar-refractivity contribution in [3.63, 3.8) is 0 Å². The molecule has 0 saturated heterocycles. The fourth-order valence-electron chi connectivity index (χ4n) is 3.81. The SMILES string of the molecule is C=CCC(O[Si](C)(C)C(C)(C)C)c1cc(C)c(-c2cc3cnc(Cl)cc3n3ccnc23)cn1. The highest BCUT2D eigenvalue weighted by Gasteiger charge is 2.39. The molecule has 0 fully saturated rings. The molecule has 33 heavy (non-hydrogen) atoms. The fourth-order valence-corrected chi connectivity index (χ4v) is 5.25. The summed E-state index contributed by atoms with van der Waals surface area (Å²) < 4.78 is 8.77. The van der Waals surface area contributed by atoms with Crippen LogP contribution in [-0.2, 0) is 4.43 Å². The molecule has 4 heterocycles. The van der Waals surface area contributed by atoms with Gasteiger partial charge in [0.15, 0.2) is 8.32 Å². The molecule has 4 aromatic rings. The average Bonchev–Trinajstić information content (AvgIpc) is 3.22. The predicted octanol–water partition coefficient (Wildman–Crippen LogP) is 7.55. The van der Waals surface area contributed by atoms with Crippen LogP contribution < -0.4 is 0 Å². The van der Waals surface area contributed by atoms with Gasteiger partial charge in [0.25, 0.3) is 0 Å². The van der Waals surface area contributed by atoms with E-state index in [9.17, 15) is 0 Å². The first-order valence-corrected chi connectivity index (χ1v) is 14.5. The lowest BCUT2D eigenvalue weighted by Crippen LogP contribution is -2.41. The van der Waals surface area contributed by atoms with Crippen LogP contribution in [0.1, 0.15) is 44.6 Å². The normalized spacial score (nSPS) is 13.5. The molecule has 0 aliphatic rings. The molecule has 0 aliphatic carbocycles. The van der Waals surface area contributed by atoms with E-state index in [0.29, 0.717) is 5.15 Å². The van der Waals surface area contributed by atoms with Crippen LogP contribution in [0.2, 0.25) is 23.3 Å². The molecule has 0 amide bonds. The average molecular weight is 479 g/mol. The Hall–Kier alpha value is -2.54. The summed E-state index contributed by atoms with van der Waals surface area (Å²) >= 11 is 6.14. The summed E-state index contributed by atoms with van der Waals surface area (Å²) in [6.07, 6.45) is 10.0. The lowest BCUT2D eigenvalue weighted by molar-refractivity contribution is 0.182. The van der Waals surface area contributed by atoms with E-state index in [2.05, 4.69) is 69.5 Å². The van der Waals surface area contributed by atoms with Crippen LogP contribution in [0.5, 0.6) is 0 Å². The van der Waals surface area contributed by atoms with Gasteiger partial charge in [-0.3, -0.25) is 9.38 Å². The second-order valence-corrected chi connectivity index (χ2v) is 15.2. The number of hydrogen-bond donors (Lipinski definition) is 0. The summed E-state index contributed by atoms with van der Waals surface area (Å²) in [7, 11) is -1.96. The van der Waals surface area contributed by atoms with Crippen molar-refractivity contribution in [2.75, 3.05) is 0 Å². The van der Waals surface area contributed by atoms with Gasteiger partial charge >= 0.3 is 0 Å². The molecule has 4 rings (SSSR count). The Kier molecular flexibility index (Phi) is 6.20.